The molecule has 0 aromatic heterocycles. The van der Waals surface area contributed by atoms with E-state index in [-0.39, 0.29) is 12.6 Å². The molecule has 0 bridgehead atoms. The summed E-state index contributed by atoms with van der Waals surface area (Å²) in [7, 11) is 1.60. The number of carboxylic acid groups (broad SMARTS) is 1. The van der Waals surface area contributed by atoms with Crippen LogP contribution in [0.15, 0.2) is 29.2 Å². The topological polar surface area (TPSA) is 69.6 Å². The maximum atomic E-state index is 12.1. The van der Waals surface area contributed by atoms with E-state index in [4.69, 9.17) is 5.11 Å². The van der Waals surface area contributed by atoms with Crippen LogP contribution in [0.1, 0.15) is 32.6 Å². The number of anilines is 1. The van der Waals surface area contributed by atoms with Gasteiger partial charge in [0.15, 0.2) is 0 Å². The van der Waals surface area contributed by atoms with Gasteiger partial charge in [0.05, 0.1) is 5.92 Å². The third kappa shape index (κ3) is 5.46. The molecule has 126 valence electrons. The highest BCUT2D eigenvalue weighted by Crippen LogP contribution is 2.34. The number of carbonyl (C=O) groups is 2. The van der Waals surface area contributed by atoms with Crippen LogP contribution in [0.5, 0.6) is 0 Å². The fourth-order valence-electron chi connectivity index (χ4n) is 2.61. The maximum absolute atomic E-state index is 12.1. The van der Waals surface area contributed by atoms with Crippen molar-refractivity contribution in [1.29, 1.82) is 0 Å². The van der Waals surface area contributed by atoms with Crippen molar-refractivity contribution < 1.29 is 14.7 Å². The lowest BCUT2D eigenvalue weighted by atomic mass is 10.2. The minimum Gasteiger partial charge on any atom is -0.481 e. The van der Waals surface area contributed by atoms with Gasteiger partial charge in [-0.25, -0.2) is 4.79 Å². The summed E-state index contributed by atoms with van der Waals surface area (Å²) in [5.74, 6) is -1.49. The van der Waals surface area contributed by atoms with Crippen molar-refractivity contribution in [2.45, 2.75) is 42.8 Å². The highest BCUT2D eigenvalue weighted by atomic mass is 32.2. The second-order valence-electron chi connectivity index (χ2n) is 6.10. The van der Waals surface area contributed by atoms with Gasteiger partial charge in [0, 0.05) is 29.4 Å². The summed E-state index contributed by atoms with van der Waals surface area (Å²) in [5.41, 5.74) is 0.723. The first-order valence-electron chi connectivity index (χ1n) is 7.97. The Hall–Kier alpha value is -1.69. The minimum atomic E-state index is -0.905. The summed E-state index contributed by atoms with van der Waals surface area (Å²) >= 11 is 1.91. The van der Waals surface area contributed by atoms with E-state index in [0.29, 0.717) is 0 Å². The zero-order valence-electron chi connectivity index (χ0n) is 13.6. The number of carbonyl (C=O) groups excluding carboxylic acids is 1. The van der Waals surface area contributed by atoms with Crippen LogP contribution in [-0.4, -0.2) is 40.8 Å². The lowest BCUT2D eigenvalue weighted by Gasteiger charge is -2.20. The normalized spacial score (nSPS) is 16.1. The number of carboxylic acids is 1. The molecule has 1 aliphatic rings. The van der Waals surface area contributed by atoms with Gasteiger partial charge in [-0.1, -0.05) is 19.8 Å². The lowest BCUT2D eigenvalue weighted by Crippen LogP contribution is -2.36. The summed E-state index contributed by atoms with van der Waals surface area (Å²) in [6.07, 6.45) is 5.23. The van der Waals surface area contributed by atoms with Gasteiger partial charge in [0.25, 0.3) is 0 Å². The van der Waals surface area contributed by atoms with E-state index in [1.54, 1.807) is 14.0 Å². The van der Waals surface area contributed by atoms with Gasteiger partial charge in [0.2, 0.25) is 0 Å². The third-order valence-electron chi connectivity index (χ3n) is 4.03. The van der Waals surface area contributed by atoms with Gasteiger partial charge in [-0.2, -0.15) is 0 Å². The quantitative estimate of drug-likeness (QED) is 0.826. The van der Waals surface area contributed by atoms with Crippen LogP contribution >= 0.6 is 11.8 Å². The molecule has 0 radical (unpaired) electrons. The number of hydrogen-bond acceptors (Lipinski definition) is 3. The Morgan fingerprint density at radius 1 is 1.30 bits per heavy atom. The van der Waals surface area contributed by atoms with Crippen molar-refractivity contribution in [1.82, 2.24) is 4.90 Å². The molecule has 1 saturated carbocycles. The molecule has 1 atom stereocenters. The Bertz CT molecular complexity index is 541. The molecule has 2 N–H and O–H groups in total. The summed E-state index contributed by atoms with van der Waals surface area (Å²) in [5, 5.41) is 12.4. The van der Waals surface area contributed by atoms with E-state index < -0.39 is 11.9 Å². The second kappa shape index (κ2) is 8.24. The number of urea groups is 1. The molecule has 0 saturated heterocycles. The fraction of sp³-hybridized carbons (Fsp3) is 0.529. The predicted octanol–water partition coefficient (Wildman–Crippen LogP) is 3.91. The monoisotopic (exact) mass is 336 g/mol. The Morgan fingerprint density at radius 3 is 2.48 bits per heavy atom. The zero-order chi connectivity index (χ0) is 16.8. The molecule has 1 aromatic carbocycles. The maximum Gasteiger partial charge on any atom is 0.321 e. The van der Waals surface area contributed by atoms with Crippen LogP contribution in [0.2, 0.25) is 0 Å². The minimum absolute atomic E-state index is 0.177. The van der Waals surface area contributed by atoms with Crippen molar-refractivity contribution in [3.8, 4) is 0 Å². The van der Waals surface area contributed by atoms with E-state index in [0.717, 1.165) is 10.9 Å². The van der Waals surface area contributed by atoms with Gasteiger partial charge < -0.3 is 15.3 Å². The lowest BCUT2D eigenvalue weighted by molar-refractivity contribution is -0.141. The molecule has 0 aliphatic heterocycles. The van der Waals surface area contributed by atoms with Gasteiger partial charge in [-0.05, 0) is 37.1 Å². The Kier molecular flexibility index (Phi) is 6.33. The number of benzene rings is 1. The summed E-state index contributed by atoms with van der Waals surface area (Å²) in [4.78, 5) is 25.5. The van der Waals surface area contributed by atoms with Crippen molar-refractivity contribution in [2.24, 2.45) is 5.92 Å². The summed E-state index contributed by atoms with van der Waals surface area (Å²) in [6, 6.07) is 7.54. The number of hydrogen-bond donors (Lipinski definition) is 2. The van der Waals surface area contributed by atoms with E-state index in [1.165, 1.54) is 35.5 Å². The van der Waals surface area contributed by atoms with Crippen molar-refractivity contribution in [3.63, 3.8) is 0 Å². The van der Waals surface area contributed by atoms with Crippen LogP contribution in [0.3, 0.4) is 0 Å². The largest absolute Gasteiger partial charge is 0.481 e. The third-order valence-corrected chi connectivity index (χ3v) is 5.38. The number of thioether (sulfide) groups is 1. The van der Waals surface area contributed by atoms with Gasteiger partial charge >= 0.3 is 12.0 Å². The molecule has 6 heteroatoms. The number of aliphatic carboxylic acids is 1. The fourth-order valence-corrected chi connectivity index (χ4v) is 3.85. The first-order chi connectivity index (χ1) is 11.0. The van der Waals surface area contributed by atoms with Crippen molar-refractivity contribution in [2.75, 3.05) is 18.9 Å². The molecule has 0 spiro atoms. The number of nitrogens with one attached hydrogen (secondary N) is 1. The molecular formula is C17H24N2O3S. The molecule has 2 amide bonds. The van der Waals surface area contributed by atoms with E-state index >= 15 is 0 Å². The molecule has 1 aliphatic carbocycles. The average Bonchev–Trinajstić information content (AvgIpc) is 3.02. The molecule has 1 aromatic rings. The zero-order valence-corrected chi connectivity index (χ0v) is 14.4. The number of nitrogens with zero attached hydrogens (tertiary/aromatic N) is 1. The first kappa shape index (κ1) is 17.7. The number of amides is 2. The average molecular weight is 336 g/mol. The Labute approximate surface area is 141 Å². The smallest absolute Gasteiger partial charge is 0.321 e. The van der Waals surface area contributed by atoms with Crippen LogP contribution in [0, 0.1) is 5.92 Å². The molecule has 1 unspecified atom stereocenters. The molecule has 0 heterocycles. The molecule has 5 nitrogen and oxygen atoms in total. The van der Waals surface area contributed by atoms with Gasteiger partial charge in [-0.3, -0.25) is 4.79 Å². The SMILES string of the molecule is CC(CN(C)C(=O)Nc1ccc(SC2CCCC2)cc1)C(=O)O. The summed E-state index contributed by atoms with van der Waals surface area (Å²) in [6.45, 7) is 1.76. The van der Waals surface area contributed by atoms with Crippen molar-refractivity contribution >= 4 is 29.4 Å². The molecule has 23 heavy (non-hydrogen) atoms. The molecule has 1 fully saturated rings. The standard InChI is InChI=1S/C17H24N2O3S/c1-12(16(20)21)11-19(2)17(22)18-13-7-9-15(10-8-13)23-14-5-3-4-6-14/h7-10,12,14H,3-6,11H2,1-2H3,(H,18,22)(H,20,21). The highest BCUT2D eigenvalue weighted by molar-refractivity contribution is 8.00. The summed E-state index contributed by atoms with van der Waals surface area (Å²) < 4.78 is 0. The van der Waals surface area contributed by atoms with Crippen molar-refractivity contribution in [3.05, 3.63) is 24.3 Å². The van der Waals surface area contributed by atoms with Gasteiger partial charge in [-0.15, -0.1) is 11.8 Å². The molecular weight excluding hydrogens is 312 g/mol. The van der Waals surface area contributed by atoms with Gasteiger partial charge in [0.1, 0.15) is 0 Å². The Balaban J connectivity index is 1.84. The first-order valence-corrected chi connectivity index (χ1v) is 8.85. The van der Waals surface area contributed by atoms with E-state index in [9.17, 15) is 9.59 Å². The Morgan fingerprint density at radius 2 is 1.91 bits per heavy atom. The van der Waals surface area contributed by atoms with Crippen LogP contribution < -0.4 is 5.32 Å². The van der Waals surface area contributed by atoms with Crippen LogP contribution in [-0.2, 0) is 4.79 Å². The van der Waals surface area contributed by atoms with Crippen LogP contribution in [0.25, 0.3) is 0 Å². The van der Waals surface area contributed by atoms with E-state index in [1.807, 2.05) is 36.0 Å². The highest BCUT2D eigenvalue weighted by Gasteiger charge is 2.18. The predicted molar refractivity (Wildman–Crippen MR) is 93.0 cm³/mol. The second-order valence-corrected chi connectivity index (χ2v) is 7.47. The molecule has 2 rings (SSSR count). The van der Waals surface area contributed by atoms with Crippen LogP contribution in [0.4, 0.5) is 10.5 Å². The van der Waals surface area contributed by atoms with E-state index in [2.05, 4.69) is 5.32 Å². The number of rotatable bonds is 6.